The average Bonchev–Trinajstić information content (AvgIpc) is 2.64. The number of hydrogen-bond acceptors (Lipinski definition) is 4. The number of benzene rings is 1. The topological polar surface area (TPSA) is 98.1 Å². The molecule has 0 aliphatic carbocycles. The lowest BCUT2D eigenvalue weighted by Crippen LogP contribution is -2.46. The van der Waals surface area contributed by atoms with Gasteiger partial charge in [-0.3, -0.25) is 14.6 Å². The van der Waals surface area contributed by atoms with Gasteiger partial charge in [0.25, 0.3) is 5.56 Å². The van der Waals surface area contributed by atoms with Gasteiger partial charge in [0.15, 0.2) is 0 Å². The van der Waals surface area contributed by atoms with Gasteiger partial charge in [0.1, 0.15) is 0 Å². The minimum Gasteiger partial charge on any atom is -0.381 e. The number of H-pyrrole nitrogens is 2. The van der Waals surface area contributed by atoms with Crippen LogP contribution in [0.25, 0.3) is 0 Å². The molecule has 1 aliphatic rings. The number of amides is 1. The van der Waals surface area contributed by atoms with E-state index < -0.39 is 11.2 Å². The second-order valence-electron chi connectivity index (χ2n) is 7.37. The normalized spacial score (nSPS) is 17.1. The van der Waals surface area contributed by atoms with Crippen LogP contribution in [-0.2, 0) is 11.2 Å². The lowest BCUT2D eigenvalue weighted by molar-refractivity contribution is -0.131. The molecule has 0 unspecified atom stereocenters. The molecule has 0 spiro atoms. The number of rotatable bonds is 5. The van der Waals surface area contributed by atoms with Crippen LogP contribution in [-0.4, -0.2) is 39.9 Å². The van der Waals surface area contributed by atoms with E-state index in [9.17, 15) is 14.4 Å². The first-order chi connectivity index (χ1) is 12.9. The molecule has 7 nitrogen and oxygen atoms in total. The van der Waals surface area contributed by atoms with E-state index >= 15 is 0 Å². The van der Waals surface area contributed by atoms with Crippen molar-refractivity contribution in [2.24, 2.45) is 0 Å². The predicted octanol–water partition coefficient (Wildman–Crippen LogP) is 1.83. The van der Waals surface area contributed by atoms with E-state index in [1.165, 1.54) is 11.8 Å². The highest BCUT2D eigenvalue weighted by Gasteiger charge is 2.24. The van der Waals surface area contributed by atoms with Crippen LogP contribution < -0.4 is 16.6 Å². The van der Waals surface area contributed by atoms with Gasteiger partial charge in [-0.05, 0) is 36.5 Å². The number of nitrogens with one attached hydrogen (secondary N) is 3. The molecule has 2 heterocycles. The average molecular weight is 370 g/mol. The predicted molar refractivity (Wildman–Crippen MR) is 105 cm³/mol. The van der Waals surface area contributed by atoms with Gasteiger partial charge in [-0.15, -0.1) is 0 Å². The molecule has 0 saturated carbocycles. The summed E-state index contributed by atoms with van der Waals surface area (Å²) in [7, 11) is 0. The summed E-state index contributed by atoms with van der Waals surface area (Å²) in [5.41, 5.74) is 1.55. The molecular formula is C20H26N4O3. The summed E-state index contributed by atoms with van der Waals surface area (Å²) in [5, 5.41) is 3.51. The zero-order valence-corrected chi connectivity index (χ0v) is 15.7. The molecule has 144 valence electrons. The number of carbonyl (C=O) groups is 1. The Labute approximate surface area is 157 Å². The first-order valence-electron chi connectivity index (χ1n) is 9.37. The summed E-state index contributed by atoms with van der Waals surface area (Å²) in [6.45, 7) is 5.62. The molecule has 0 bridgehead atoms. The lowest BCUT2D eigenvalue weighted by atomic mass is 10.0. The number of carbonyl (C=O) groups excluding carboxylic acids is 1. The van der Waals surface area contributed by atoms with Crippen LogP contribution in [0.5, 0.6) is 0 Å². The molecule has 1 atom stereocenters. The Morgan fingerprint density at radius 3 is 2.67 bits per heavy atom. The fraction of sp³-hybridized carbons (Fsp3) is 0.450. The Balaban J connectivity index is 1.60. The summed E-state index contributed by atoms with van der Waals surface area (Å²) in [5.74, 6) is 0.395. The molecule has 1 aromatic carbocycles. The summed E-state index contributed by atoms with van der Waals surface area (Å²) in [4.78, 5) is 41.8. The van der Waals surface area contributed by atoms with E-state index in [-0.39, 0.29) is 23.9 Å². The zero-order valence-electron chi connectivity index (χ0n) is 15.7. The Morgan fingerprint density at radius 2 is 2.00 bits per heavy atom. The van der Waals surface area contributed by atoms with Gasteiger partial charge in [0.05, 0.1) is 6.42 Å². The maximum atomic E-state index is 12.6. The van der Waals surface area contributed by atoms with Crippen molar-refractivity contribution in [1.29, 1.82) is 0 Å². The van der Waals surface area contributed by atoms with Gasteiger partial charge < -0.3 is 15.2 Å². The first-order valence-corrected chi connectivity index (χ1v) is 9.37. The number of likely N-dealkylation sites (tertiary alicyclic amines) is 1. The highest BCUT2D eigenvalue weighted by atomic mass is 16.2. The number of aromatic nitrogens is 2. The SMILES string of the molecule is CC(C)c1ccc(N[C@H]2CCCN(C(=O)Cc3c[nH]c(=O)[nH]c3=O)C2)cc1. The Morgan fingerprint density at radius 1 is 1.26 bits per heavy atom. The van der Waals surface area contributed by atoms with E-state index in [0.717, 1.165) is 18.5 Å². The molecule has 0 radical (unpaired) electrons. The third-order valence-electron chi connectivity index (χ3n) is 4.96. The van der Waals surface area contributed by atoms with Crippen LogP contribution >= 0.6 is 0 Å². The fourth-order valence-electron chi connectivity index (χ4n) is 3.37. The summed E-state index contributed by atoms with van der Waals surface area (Å²) < 4.78 is 0. The van der Waals surface area contributed by atoms with Crippen molar-refractivity contribution in [3.63, 3.8) is 0 Å². The number of aromatic amines is 2. The Bertz CT molecular complexity index is 898. The van der Waals surface area contributed by atoms with Gasteiger partial charge in [-0.2, -0.15) is 0 Å². The molecular weight excluding hydrogens is 344 g/mol. The van der Waals surface area contributed by atoms with E-state index in [0.29, 0.717) is 19.0 Å². The second-order valence-corrected chi connectivity index (χ2v) is 7.37. The fourth-order valence-corrected chi connectivity index (χ4v) is 3.37. The number of anilines is 1. The van der Waals surface area contributed by atoms with Crippen molar-refractivity contribution >= 4 is 11.6 Å². The molecule has 1 amide bonds. The largest absolute Gasteiger partial charge is 0.381 e. The number of hydrogen-bond donors (Lipinski definition) is 3. The van der Waals surface area contributed by atoms with Crippen molar-refractivity contribution in [2.75, 3.05) is 18.4 Å². The number of piperidine rings is 1. The summed E-state index contributed by atoms with van der Waals surface area (Å²) in [6.07, 6.45) is 3.21. The minimum absolute atomic E-state index is 0.0120. The Hall–Kier alpha value is -2.83. The van der Waals surface area contributed by atoms with Crippen molar-refractivity contribution in [3.8, 4) is 0 Å². The highest BCUT2D eigenvalue weighted by Crippen LogP contribution is 2.20. The van der Waals surface area contributed by atoms with Crippen molar-refractivity contribution in [1.82, 2.24) is 14.9 Å². The van der Waals surface area contributed by atoms with Crippen LogP contribution in [0, 0.1) is 0 Å². The molecule has 2 aromatic rings. The van der Waals surface area contributed by atoms with Crippen LogP contribution in [0.1, 0.15) is 43.7 Å². The molecule has 3 N–H and O–H groups in total. The van der Waals surface area contributed by atoms with Gasteiger partial charge in [-0.1, -0.05) is 26.0 Å². The van der Waals surface area contributed by atoms with Crippen molar-refractivity contribution in [3.05, 3.63) is 62.4 Å². The van der Waals surface area contributed by atoms with Crippen LogP contribution in [0.4, 0.5) is 5.69 Å². The summed E-state index contributed by atoms with van der Waals surface area (Å²) >= 11 is 0. The molecule has 1 fully saturated rings. The molecule has 1 aromatic heterocycles. The van der Waals surface area contributed by atoms with E-state index in [2.05, 4.69) is 53.4 Å². The monoisotopic (exact) mass is 370 g/mol. The molecule has 3 rings (SSSR count). The molecule has 7 heteroatoms. The van der Waals surface area contributed by atoms with Crippen LogP contribution in [0.15, 0.2) is 40.1 Å². The smallest absolute Gasteiger partial charge is 0.325 e. The van der Waals surface area contributed by atoms with Crippen molar-refractivity contribution in [2.45, 2.75) is 45.1 Å². The first kappa shape index (κ1) is 18.9. The number of nitrogens with zero attached hydrogens (tertiary/aromatic N) is 1. The minimum atomic E-state index is -0.568. The van der Waals surface area contributed by atoms with Gasteiger partial charge in [-0.25, -0.2) is 4.79 Å². The van der Waals surface area contributed by atoms with E-state index in [1.807, 2.05) is 0 Å². The maximum absolute atomic E-state index is 12.6. The van der Waals surface area contributed by atoms with Crippen molar-refractivity contribution < 1.29 is 4.79 Å². The third-order valence-corrected chi connectivity index (χ3v) is 4.96. The van der Waals surface area contributed by atoms with Gasteiger partial charge in [0.2, 0.25) is 5.91 Å². The summed E-state index contributed by atoms with van der Waals surface area (Å²) in [6, 6.07) is 8.59. The zero-order chi connectivity index (χ0) is 19.4. The molecule has 27 heavy (non-hydrogen) atoms. The van der Waals surface area contributed by atoms with Gasteiger partial charge in [0, 0.05) is 36.6 Å². The quantitative estimate of drug-likeness (QED) is 0.748. The van der Waals surface area contributed by atoms with Crippen LogP contribution in [0.2, 0.25) is 0 Å². The lowest BCUT2D eigenvalue weighted by Gasteiger charge is -2.33. The maximum Gasteiger partial charge on any atom is 0.325 e. The molecule has 1 aliphatic heterocycles. The Kier molecular flexibility index (Phi) is 5.78. The van der Waals surface area contributed by atoms with Gasteiger partial charge >= 0.3 is 5.69 Å². The highest BCUT2D eigenvalue weighted by molar-refractivity contribution is 5.78. The third kappa shape index (κ3) is 4.87. The second kappa shape index (κ2) is 8.24. The van der Waals surface area contributed by atoms with Crippen LogP contribution in [0.3, 0.4) is 0 Å². The van der Waals surface area contributed by atoms with E-state index in [1.54, 1.807) is 4.90 Å². The molecule has 1 saturated heterocycles. The van der Waals surface area contributed by atoms with E-state index in [4.69, 9.17) is 0 Å². The standard InChI is InChI=1S/C20H26N4O3/c1-13(2)14-5-7-16(8-6-14)22-17-4-3-9-24(12-17)18(25)10-15-11-21-20(27)23-19(15)26/h5-8,11,13,17,22H,3-4,9-10,12H2,1-2H3,(H2,21,23,26,27)/t17-/m0/s1.